The summed E-state index contributed by atoms with van der Waals surface area (Å²) in [5.74, 6) is 0.122. The molecule has 0 fully saturated rings. The molecule has 0 aliphatic heterocycles. The summed E-state index contributed by atoms with van der Waals surface area (Å²) in [6, 6.07) is 1.14. The van der Waals surface area contributed by atoms with Crippen molar-refractivity contribution in [2.24, 2.45) is 14.1 Å². The number of aliphatic hydroxyl groups excluding tert-OH is 5. The van der Waals surface area contributed by atoms with Gasteiger partial charge in [-0.15, -0.1) is 0 Å². The molecule has 0 amide bonds. The lowest BCUT2D eigenvalue weighted by Crippen LogP contribution is -2.48. The summed E-state index contributed by atoms with van der Waals surface area (Å²) in [6.07, 6.45) is -6.57. The summed E-state index contributed by atoms with van der Waals surface area (Å²) in [7, 11) is 2.73. The fourth-order valence-corrected chi connectivity index (χ4v) is 1.80. The van der Waals surface area contributed by atoms with Crippen LogP contribution in [0.1, 0.15) is 0 Å². The fraction of sp³-hybridized carbons (Fsp3) is 0.667. The Balaban J connectivity index is 2.79. The smallest absolute Gasteiger partial charge is 0.332 e. The third kappa shape index (κ3) is 3.93. The maximum atomic E-state index is 11.7. The number of aliphatic hydroxyl groups is 5. The topological polar surface area (TPSA) is 157 Å². The van der Waals surface area contributed by atoms with E-state index in [0.717, 1.165) is 15.2 Å². The second-order valence-electron chi connectivity index (χ2n) is 4.95. The van der Waals surface area contributed by atoms with Gasteiger partial charge in [-0.1, -0.05) is 0 Å². The molecule has 0 aromatic carbocycles. The van der Waals surface area contributed by atoms with Crippen LogP contribution in [0.2, 0.25) is 0 Å². The molecule has 0 unspecified atom stereocenters. The zero-order valence-corrected chi connectivity index (χ0v) is 12.2. The summed E-state index contributed by atoms with van der Waals surface area (Å²) in [5.41, 5.74) is -1.11. The minimum atomic E-state index is -1.74. The highest BCUT2D eigenvalue weighted by molar-refractivity contribution is 5.34. The van der Waals surface area contributed by atoms with Crippen molar-refractivity contribution in [2.75, 3.05) is 18.5 Å². The van der Waals surface area contributed by atoms with Gasteiger partial charge in [0.15, 0.2) is 0 Å². The monoisotopic (exact) mass is 319 g/mol. The van der Waals surface area contributed by atoms with Gasteiger partial charge in [0.25, 0.3) is 5.56 Å². The van der Waals surface area contributed by atoms with Gasteiger partial charge in [0.2, 0.25) is 0 Å². The molecule has 0 saturated carbocycles. The second-order valence-corrected chi connectivity index (χ2v) is 4.95. The van der Waals surface area contributed by atoms with Crippen LogP contribution in [-0.4, -0.2) is 72.2 Å². The molecule has 10 heteroatoms. The van der Waals surface area contributed by atoms with E-state index in [1.165, 1.54) is 14.1 Å². The van der Waals surface area contributed by atoms with E-state index < -0.39 is 42.3 Å². The van der Waals surface area contributed by atoms with Crippen molar-refractivity contribution in [2.45, 2.75) is 24.4 Å². The van der Waals surface area contributed by atoms with Crippen molar-refractivity contribution >= 4 is 5.82 Å². The molecule has 0 aliphatic carbocycles. The zero-order chi connectivity index (χ0) is 17.0. The molecule has 0 saturated heterocycles. The molecule has 0 bridgehead atoms. The summed E-state index contributed by atoms with van der Waals surface area (Å²) < 4.78 is 2.04. The summed E-state index contributed by atoms with van der Waals surface area (Å²) in [4.78, 5) is 23.2. The molecule has 0 radical (unpaired) electrons. The predicted molar refractivity (Wildman–Crippen MR) is 76.5 cm³/mol. The van der Waals surface area contributed by atoms with E-state index in [0.29, 0.717) is 0 Å². The first-order chi connectivity index (χ1) is 10.2. The average molecular weight is 319 g/mol. The van der Waals surface area contributed by atoms with E-state index in [1.807, 2.05) is 0 Å². The van der Waals surface area contributed by atoms with Crippen LogP contribution in [0, 0.1) is 0 Å². The maximum absolute atomic E-state index is 11.7. The normalized spacial score (nSPS) is 16.9. The molecular weight excluding hydrogens is 298 g/mol. The van der Waals surface area contributed by atoms with Gasteiger partial charge >= 0.3 is 5.69 Å². The van der Waals surface area contributed by atoms with E-state index in [-0.39, 0.29) is 12.4 Å². The van der Waals surface area contributed by atoms with Crippen LogP contribution in [0.15, 0.2) is 15.7 Å². The highest BCUT2D eigenvalue weighted by Crippen LogP contribution is 2.06. The van der Waals surface area contributed by atoms with Gasteiger partial charge in [-0.25, -0.2) is 4.79 Å². The number of rotatable bonds is 7. The quantitative estimate of drug-likeness (QED) is 0.296. The van der Waals surface area contributed by atoms with E-state index in [9.17, 15) is 30.0 Å². The lowest BCUT2D eigenvalue weighted by atomic mass is 10.0. The largest absolute Gasteiger partial charge is 0.394 e. The number of nitrogens with one attached hydrogen (secondary N) is 1. The van der Waals surface area contributed by atoms with Crippen molar-refractivity contribution < 1.29 is 25.5 Å². The number of hydrogen-bond donors (Lipinski definition) is 6. The first kappa shape index (κ1) is 18.3. The van der Waals surface area contributed by atoms with Gasteiger partial charge in [0.05, 0.1) is 12.7 Å². The lowest BCUT2D eigenvalue weighted by molar-refractivity contribution is -0.111. The van der Waals surface area contributed by atoms with Crippen molar-refractivity contribution in [1.29, 1.82) is 0 Å². The van der Waals surface area contributed by atoms with Gasteiger partial charge in [-0.05, 0) is 0 Å². The van der Waals surface area contributed by atoms with Crippen LogP contribution < -0.4 is 16.6 Å². The molecule has 1 aromatic heterocycles. The Bertz CT molecular complexity index is 612. The molecule has 1 heterocycles. The van der Waals surface area contributed by atoms with Crippen LogP contribution in [-0.2, 0) is 14.1 Å². The van der Waals surface area contributed by atoms with Crippen molar-refractivity contribution in [3.8, 4) is 0 Å². The van der Waals surface area contributed by atoms with E-state index in [1.54, 1.807) is 0 Å². The van der Waals surface area contributed by atoms with Gasteiger partial charge < -0.3 is 30.8 Å². The summed E-state index contributed by atoms with van der Waals surface area (Å²) in [5, 5.41) is 49.3. The Labute approximate surface area is 125 Å². The molecule has 0 aliphatic rings. The van der Waals surface area contributed by atoms with Gasteiger partial charge in [-0.3, -0.25) is 13.9 Å². The van der Waals surface area contributed by atoms with Crippen LogP contribution in [0.25, 0.3) is 0 Å². The molecule has 0 spiro atoms. The second kappa shape index (κ2) is 7.51. The van der Waals surface area contributed by atoms with Gasteiger partial charge in [0.1, 0.15) is 24.1 Å². The molecule has 6 N–H and O–H groups in total. The first-order valence-electron chi connectivity index (χ1n) is 6.54. The minimum Gasteiger partial charge on any atom is -0.394 e. The van der Waals surface area contributed by atoms with Crippen LogP contribution >= 0.6 is 0 Å². The Hall–Kier alpha value is -1.72. The molecule has 22 heavy (non-hydrogen) atoms. The van der Waals surface area contributed by atoms with Crippen LogP contribution in [0.4, 0.5) is 5.82 Å². The molecule has 4 atom stereocenters. The molecule has 1 aromatic rings. The highest BCUT2D eigenvalue weighted by atomic mass is 16.4. The van der Waals surface area contributed by atoms with Gasteiger partial charge in [-0.2, -0.15) is 0 Å². The third-order valence-corrected chi connectivity index (χ3v) is 3.34. The van der Waals surface area contributed by atoms with Crippen molar-refractivity contribution in [1.82, 2.24) is 9.13 Å². The zero-order valence-electron chi connectivity index (χ0n) is 12.2. The number of anilines is 1. The van der Waals surface area contributed by atoms with E-state index in [4.69, 9.17) is 5.11 Å². The van der Waals surface area contributed by atoms with Gasteiger partial charge in [0, 0.05) is 26.7 Å². The number of hydrogen-bond acceptors (Lipinski definition) is 8. The molecule has 10 nitrogen and oxygen atoms in total. The number of aromatic nitrogens is 2. The first-order valence-corrected chi connectivity index (χ1v) is 6.54. The molecule has 126 valence electrons. The molecular formula is C12H21N3O7. The highest BCUT2D eigenvalue weighted by Gasteiger charge is 2.29. The van der Waals surface area contributed by atoms with E-state index in [2.05, 4.69) is 5.32 Å². The Morgan fingerprint density at radius 3 is 2.14 bits per heavy atom. The Morgan fingerprint density at radius 2 is 1.59 bits per heavy atom. The van der Waals surface area contributed by atoms with Crippen LogP contribution in [0.5, 0.6) is 0 Å². The third-order valence-electron chi connectivity index (χ3n) is 3.34. The average Bonchev–Trinajstić information content (AvgIpc) is 2.52. The predicted octanol–water partition coefficient (Wildman–Crippen LogP) is -4.07. The summed E-state index contributed by atoms with van der Waals surface area (Å²) in [6.45, 7) is -1.07. The Kier molecular flexibility index (Phi) is 6.26. The minimum absolute atomic E-state index is 0.122. The number of nitrogens with zero attached hydrogens (tertiary/aromatic N) is 2. The maximum Gasteiger partial charge on any atom is 0.332 e. The summed E-state index contributed by atoms with van der Waals surface area (Å²) >= 11 is 0. The van der Waals surface area contributed by atoms with Crippen molar-refractivity contribution in [3.63, 3.8) is 0 Å². The lowest BCUT2D eigenvalue weighted by Gasteiger charge is -2.26. The SMILES string of the molecule is Cn1c(NC[C@H](O)[C@H](O)[C@H](O)[C@H](O)CO)cc(=O)n(C)c1=O. The Morgan fingerprint density at radius 1 is 1.05 bits per heavy atom. The fourth-order valence-electron chi connectivity index (χ4n) is 1.80. The van der Waals surface area contributed by atoms with E-state index >= 15 is 0 Å². The molecule has 1 rings (SSSR count). The van der Waals surface area contributed by atoms with Crippen LogP contribution in [0.3, 0.4) is 0 Å². The standard InChI is InChI=1S/C12H21N3O7/c1-14-8(3-9(19)15(2)12(14)22)13-4-6(17)10(20)11(21)7(18)5-16/h3,6-7,10-11,13,16-18,20-21H,4-5H2,1-2H3/t6-,7+,10-,11+/m0/s1. The van der Waals surface area contributed by atoms with Crippen molar-refractivity contribution in [3.05, 3.63) is 26.9 Å².